The van der Waals surface area contributed by atoms with Crippen molar-refractivity contribution >= 4 is 23.2 Å². The maximum absolute atomic E-state index is 11.8. The zero-order valence-electron chi connectivity index (χ0n) is 9.84. The summed E-state index contributed by atoms with van der Waals surface area (Å²) < 4.78 is 0. The van der Waals surface area contributed by atoms with E-state index in [1.165, 1.54) is 6.08 Å². The molecule has 0 spiro atoms. The maximum atomic E-state index is 11.8. The van der Waals surface area contributed by atoms with Crippen molar-refractivity contribution in [1.29, 1.82) is 0 Å². The summed E-state index contributed by atoms with van der Waals surface area (Å²) >= 11 is 0. The lowest BCUT2D eigenvalue weighted by atomic mass is 10.1. The van der Waals surface area contributed by atoms with Crippen molar-refractivity contribution in [3.05, 3.63) is 65.7 Å². The molecule has 0 saturated carbocycles. The predicted octanol–water partition coefficient (Wildman–Crippen LogP) is 2.75. The highest BCUT2D eigenvalue weighted by atomic mass is 16.1. The van der Waals surface area contributed by atoms with Crippen LogP contribution in [0.25, 0.3) is 6.08 Å². The van der Waals surface area contributed by atoms with Gasteiger partial charge in [0.1, 0.15) is 0 Å². The minimum Gasteiger partial charge on any atom is -0.399 e. The number of nitrogens with two attached hydrogens (primary N) is 2. The van der Waals surface area contributed by atoms with E-state index in [4.69, 9.17) is 11.5 Å². The first-order valence-corrected chi connectivity index (χ1v) is 5.58. The van der Waals surface area contributed by atoms with Crippen molar-refractivity contribution in [2.75, 3.05) is 11.5 Å². The number of allylic oxidation sites excluding steroid dienone is 1. The Morgan fingerprint density at radius 1 is 0.944 bits per heavy atom. The van der Waals surface area contributed by atoms with Crippen molar-refractivity contribution in [3.63, 3.8) is 0 Å². The van der Waals surface area contributed by atoms with Gasteiger partial charge < -0.3 is 11.5 Å². The molecule has 18 heavy (non-hydrogen) atoms. The number of carbonyl (C=O) groups is 1. The van der Waals surface area contributed by atoms with Crippen LogP contribution in [0.3, 0.4) is 0 Å². The molecule has 0 atom stereocenters. The smallest absolute Gasteiger partial charge is 0.185 e. The summed E-state index contributed by atoms with van der Waals surface area (Å²) in [7, 11) is 0. The molecule has 0 heterocycles. The Bertz CT molecular complexity index is 568. The zero-order chi connectivity index (χ0) is 13.0. The van der Waals surface area contributed by atoms with E-state index >= 15 is 0 Å². The van der Waals surface area contributed by atoms with Crippen LogP contribution in [-0.2, 0) is 0 Å². The molecule has 0 aliphatic heterocycles. The van der Waals surface area contributed by atoms with Crippen LogP contribution in [0.15, 0.2) is 54.6 Å². The van der Waals surface area contributed by atoms with E-state index in [0.29, 0.717) is 16.9 Å². The largest absolute Gasteiger partial charge is 0.399 e. The monoisotopic (exact) mass is 238 g/mol. The minimum absolute atomic E-state index is 0.0448. The van der Waals surface area contributed by atoms with Gasteiger partial charge in [0.15, 0.2) is 5.78 Å². The molecule has 4 N–H and O–H groups in total. The fraction of sp³-hybridized carbons (Fsp3) is 0. The Labute approximate surface area is 106 Å². The molecule has 2 rings (SSSR count). The number of hydrogen-bond acceptors (Lipinski definition) is 3. The number of nitrogen functional groups attached to an aromatic ring is 2. The van der Waals surface area contributed by atoms with Crippen LogP contribution in [-0.4, -0.2) is 5.78 Å². The van der Waals surface area contributed by atoms with Gasteiger partial charge in [-0.05, 0) is 29.8 Å². The van der Waals surface area contributed by atoms with E-state index in [-0.39, 0.29) is 5.78 Å². The van der Waals surface area contributed by atoms with Gasteiger partial charge in [0, 0.05) is 16.9 Å². The van der Waals surface area contributed by atoms with Crippen molar-refractivity contribution in [3.8, 4) is 0 Å². The van der Waals surface area contributed by atoms with E-state index in [1.54, 1.807) is 36.4 Å². The van der Waals surface area contributed by atoms with E-state index < -0.39 is 0 Å². The maximum Gasteiger partial charge on any atom is 0.185 e. The third kappa shape index (κ3) is 2.98. The zero-order valence-corrected chi connectivity index (χ0v) is 9.84. The second kappa shape index (κ2) is 5.19. The van der Waals surface area contributed by atoms with E-state index in [0.717, 1.165) is 5.56 Å². The Morgan fingerprint density at radius 3 is 2.17 bits per heavy atom. The molecule has 0 amide bonds. The van der Waals surface area contributed by atoms with Crippen molar-refractivity contribution in [1.82, 2.24) is 0 Å². The summed E-state index contributed by atoms with van der Waals surface area (Å²) in [5.41, 5.74) is 14.0. The molecular weight excluding hydrogens is 224 g/mol. The average molecular weight is 238 g/mol. The Balaban J connectivity index is 2.18. The van der Waals surface area contributed by atoms with Crippen molar-refractivity contribution in [2.45, 2.75) is 0 Å². The normalized spacial score (nSPS) is 10.7. The van der Waals surface area contributed by atoms with Gasteiger partial charge in [0.2, 0.25) is 0 Å². The van der Waals surface area contributed by atoms with Crippen LogP contribution in [0.1, 0.15) is 15.9 Å². The van der Waals surface area contributed by atoms with Gasteiger partial charge >= 0.3 is 0 Å². The van der Waals surface area contributed by atoms with Gasteiger partial charge in [-0.25, -0.2) is 0 Å². The fourth-order valence-corrected chi connectivity index (χ4v) is 1.67. The predicted molar refractivity (Wildman–Crippen MR) is 75.1 cm³/mol. The Kier molecular flexibility index (Phi) is 3.44. The summed E-state index contributed by atoms with van der Waals surface area (Å²) in [6.45, 7) is 0. The number of anilines is 2. The molecule has 0 radical (unpaired) electrons. The molecule has 2 aromatic rings. The van der Waals surface area contributed by atoms with Crippen molar-refractivity contribution in [2.24, 2.45) is 0 Å². The van der Waals surface area contributed by atoms with Crippen LogP contribution in [0.5, 0.6) is 0 Å². The number of ketones is 1. The fourth-order valence-electron chi connectivity index (χ4n) is 1.67. The molecule has 0 unspecified atom stereocenters. The Morgan fingerprint density at radius 2 is 1.56 bits per heavy atom. The number of benzene rings is 2. The van der Waals surface area contributed by atoms with E-state index in [9.17, 15) is 4.79 Å². The Hall–Kier alpha value is -2.55. The molecule has 0 aliphatic rings. The van der Waals surface area contributed by atoms with Crippen LogP contribution in [0.4, 0.5) is 11.4 Å². The highest BCUT2D eigenvalue weighted by Crippen LogP contribution is 2.15. The molecule has 0 aromatic heterocycles. The average Bonchev–Trinajstić information content (AvgIpc) is 2.36. The summed E-state index contributed by atoms with van der Waals surface area (Å²) in [6.07, 6.45) is 3.23. The number of carbonyl (C=O) groups excluding carboxylic acids is 1. The molecule has 0 saturated heterocycles. The van der Waals surface area contributed by atoms with Crippen LogP contribution < -0.4 is 11.5 Å². The first-order valence-electron chi connectivity index (χ1n) is 5.58. The second-order valence-electron chi connectivity index (χ2n) is 4.00. The molecule has 0 aliphatic carbocycles. The first kappa shape index (κ1) is 11.9. The highest BCUT2D eigenvalue weighted by Gasteiger charge is 2.00. The summed E-state index contributed by atoms with van der Waals surface area (Å²) in [5.74, 6) is -0.0448. The van der Waals surface area contributed by atoms with Gasteiger partial charge in [-0.2, -0.15) is 0 Å². The molecule has 0 bridgehead atoms. The summed E-state index contributed by atoms with van der Waals surface area (Å²) in [5, 5.41) is 0. The number of hydrogen-bond donors (Lipinski definition) is 2. The van der Waals surface area contributed by atoms with Gasteiger partial charge in [-0.3, -0.25) is 4.79 Å². The van der Waals surface area contributed by atoms with E-state index in [1.807, 2.05) is 18.2 Å². The summed E-state index contributed by atoms with van der Waals surface area (Å²) in [4.78, 5) is 11.8. The SMILES string of the molecule is Nc1cc(N)cc(/C=C/C(=O)c2ccccc2)c1. The number of rotatable bonds is 3. The van der Waals surface area contributed by atoms with Gasteiger partial charge in [-0.15, -0.1) is 0 Å². The van der Waals surface area contributed by atoms with Crippen LogP contribution >= 0.6 is 0 Å². The molecule has 3 heteroatoms. The molecule has 2 aromatic carbocycles. The van der Waals surface area contributed by atoms with Gasteiger partial charge in [-0.1, -0.05) is 36.4 Å². The minimum atomic E-state index is -0.0448. The molecule has 0 fully saturated rings. The second-order valence-corrected chi connectivity index (χ2v) is 4.00. The van der Waals surface area contributed by atoms with Gasteiger partial charge in [0.25, 0.3) is 0 Å². The van der Waals surface area contributed by atoms with E-state index in [2.05, 4.69) is 0 Å². The first-order chi connectivity index (χ1) is 8.65. The quantitative estimate of drug-likeness (QED) is 0.490. The molecule has 90 valence electrons. The van der Waals surface area contributed by atoms with Crippen molar-refractivity contribution < 1.29 is 4.79 Å². The summed E-state index contributed by atoms with van der Waals surface area (Å²) in [6, 6.07) is 14.3. The standard InChI is InChI=1S/C15H14N2O/c16-13-8-11(9-14(17)10-13)6-7-15(18)12-4-2-1-3-5-12/h1-10H,16-17H2/b7-6+. The lowest BCUT2D eigenvalue weighted by Gasteiger charge is -1.99. The van der Waals surface area contributed by atoms with Crippen LogP contribution in [0.2, 0.25) is 0 Å². The molecular formula is C15H14N2O. The van der Waals surface area contributed by atoms with Crippen LogP contribution in [0, 0.1) is 0 Å². The lowest BCUT2D eigenvalue weighted by Crippen LogP contribution is -1.94. The highest BCUT2D eigenvalue weighted by molar-refractivity contribution is 6.06. The van der Waals surface area contributed by atoms with Gasteiger partial charge in [0.05, 0.1) is 0 Å². The third-order valence-corrected chi connectivity index (χ3v) is 2.49. The third-order valence-electron chi connectivity index (χ3n) is 2.49. The topological polar surface area (TPSA) is 69.1 Å². The molecule has 3 nitrogen and oxygen atoms in total. The lowest BCUT2D eigenvalue weighted by molar-refractivity contribution is 0.104.